The fourth-order valence-corrected chi connectivity index (χ4v) is 5.09. The van der Waals surface area contributed by atoms with Crippen LogP contribution < -0.4 is 0 Å². The Labute approximate surface area is 109 Å². The number of carbonyl (C=O) groups is 1. The van der Waals surface area contributed by atoms with Gasteiger partial charge in [-0.15, -0.1) is 0 Å². The number of hydrogen-bond acceptors (Lipinski definition) is 5. The van der Waals surface area contributed by atoms with Crippen molar-refractivity contribution < 1.29 is 23.4 Å². The van der Waals surface area contributed by atoms with Crippen LogP contribution in [0.25, 0.3) is 0 Å². The molecule has 0 aliphatic carbocycles. The molecule has 3 rings (SSSR count). The first kappa shape index (κ1) is 12.6. The van der Waals surface area contributed by atoms with Crippen LogP contribution in [-0.2, 0) is 23.4 Å². The second kappa shape index (κ2) is 4.92. The van der Waals surface area contributed by atoms with E-state index in [-0.39, 0.29) is 11.0 Å². The van der Waals surface area contributed by atoms with Gasteiger partial charge in [-0.05, 0) is 0 Å². The Bertz CT molecular complexity index is 286. The van der Waals surface area contributed by atoms with Gasteiger partial charge in [0.05, 0.1) is 39.6 Å². The molecule has 3 fully saturated rings. The van der Waals surface area contributed by atoms with E-state index in [1.54, 1.807) is 0 Å². The van der Waals surface area contributed by atoms with E-state index >= 15 is 0 Å². The highest BCUT2D eigenvalue weighted by atomic mass is 28.2. The summed E-state index contributed by atoms with van der Waals surface area (Å²) in [6.07, 6.45) is 0. The quantitative estimate of drug-likeness (QED) is 0.645. The lowest BCUT2D eigenvalue weighted by Crippen LogP contribution is -2.60. The van der Waals surface area contributed by atoms with Gasteiger partial charge in [0.15, 0.2) is 0 Å². The summed E-state index contributed by atoms with van der Waals surface area (Å²) >= 11 is 0. The Morgan fingerprint density at radius 3 is 1.61 bits per heavy atom. The van der Waals surface area contributed by atoms with E-state index in [4.69, 9.17) is 18.6 Å². The second-order valence-corrected chi connectivity index (χ2v) is 7.40. The van der Waals surface area contributed by atoms with Gasteiger partial charge >= 0.3 is 0 Å². The molecular weight excluding hydrogens is 252 g/mol. The molecule has 3 heterocycles. The van der Waals surface area contributed by atoms with E-state index in [1.165, 1.54) is 6.92 Å². The monoisotopic (exact) mass is 272 g/mol. The third kappa shape index (κ3) is 1.91. The molecule has 102 valence electrons. The number of carbonyl (C=O) groups excluding carboxylic acids is 1. The minimum atomic E-state index is -0.940. The van der Waals surface area contributed by atoms with E-state index < -0.39 is 9.76 Å². The highest BCUT2D eigenvalue weighted by Crippen LogP contribution is 2.56. The average molecular weight is 272 g/mol. The van der Waals surface area contributed by atoms with Crippen LogP contribution in [0, 0.1) is 17.8 Å². The fraction of sp³-hybridized carbons (Fsp3) is 0.917. The van der Waals surface area contributed by atoms with Crippen molar-refractivity contribution in [1.29, 1.82) is 0 Å². The van der Waals surface area contributed by atoms with Gasteiger partial charge in [0.2, 0.25) is 9.76 Å². The Balaban J connectivity index is 1.79. The van der Waals surface area contributed by atoms with Gasteiger partial charge in [0.25, 0.3) is 5.97 Å². The maximum absolute atomic E-state index is 11.2. The lowest BCUT2D eigenvalue weighted by molar-refractivity contribution is -0.178. The normalized spacial score (nSPS) is 26.7. The van der Waals surface area contributed by atoms with E-state index in [9.17, 15) is 4.79 Å². The molecule has 18 heavy (non-hydrogen) atoms. The van der Waals surface area contributed by atoms with Crippen LogP contribution in [0.2, 0.25) is 5.04 Å². The minimum absolute atomic E-state index is 0.139. The molecule has 3 saturated heterocycles. The molecule has 0 aromatic heterocycles. The van der Waals surface area contributed by atoms with Gasteiger partial charge < -0.3 is 18.6 Å². The van der Waals surface area contributed by atoms with Crippen LogP contribution in [0.5, 0.6) is 0 Å². The second-order valence-electron chi connectivity index (χ2n) is 5.60. The third-order valence-corrected chi connectivity index (χ3v) is 7.50. The predicted octanol–water partition coefficient (Wildman–Crippen LogP) is -0.269. The highest BCUT2D eigenvalue weighted by Gasteiger charge is 2.58. The average Bonchev–Trinajstić information content (AvgIpc) is 2.05. The zero-order valence-electron chi connectivity index (χ0n) is 10.7. The molecule has 0 atom stereocenters. The largest absolute Gasteiger partial charge is 0.525 e. The van der Waals surface area contributed by atoms with Crippen molar-refractivity contribution in [2.75, 3.05) is 39.6 Å². The van der Waals surface area contributed by atoms with Crippen LogP contribution in [0.3, 0.4) is 0 Å². The Kier molecular flexibility index (Phi) is 3.44. The standard InChI is InChI=1S/C12H20O5Si/c1-8(13)17-18-12(9-2-14-3-9,10-4-15-5-10)11-6-16-7-11/h9-11H,2-7,18H2,1H3. The molecule has 0 aromatic rings. The first-order valence-corrected chi connectivity index (χ1v) is 7.88. The smallest absolute Gasteiger partial charge is 0.288 e. The summed E-state index contributed by atoms with van der Waals surface area (Å²) in [4.78, 5) is 11.2. The van der Waals surface area contributed by atoms with Crippen LogP contribution in [0.1, 0.15) is 6.92 Å². The first-order chi connectivity index (χ1) is 8.73. The van der Waals surface area contributed by atoms with E-state index in [1.807, 2.05) is 0 Å². The van der Waals surface area contributed by atoms with Crippen LogP contribution in [-0.4, -0.2) is 55.4 Å². The molecule has 0 N–H and O–H groups in total. The molecule has 6 heteroatoms. The summed E-state index contributed by atoms with van der Waals surface area (Å²) in [5.74, 6) is 1.45. The van der Waals surface area contributed by atoms with Crippen LogP contribution >= 0.6 is 0 Å². The maximum atomic E-state index is 11.2. The molecule has 0 bridgehead atoms. The Morgan fingerprint density at radius 1 is 1.00 bits per heavy atom. The van der Waals surface area contributed by atoms with Gasteiger partial charge in [-0.1, -0.05) is 0 Å². The van der Waals surface area contributed by atoms with Crippen molar-refractivity contribution in [1.82, 2.24) is 0 Å². The minimum Gasteiger partial charge on any atom is -0.525 e. The van der Waals surface area contributed by atoms with Crippen molar-refractivity contribution in [2.45, 2.75) is 12.0 Å². The van der Waals surface area contributed by atoms with E-state index in [0.29, 0.717) is 17.8 Å². The van der Waals surface area contributed by atoms with E-state index in [0.717, 1.165) is 39.6 Å². The Hall–Kier alpha value is -0.433. The summed E-state index contributed by atoms with van der Waals surface area (Å²) in [6.45, 7) is 6.34. The molecule has 5 nitrogen and oxygen atoms in total. The summed E-state index contributed by atoms with van der Waals surface area (Å²) < 4.78 is 21.7. The zero-order valence-corrected chi connectivity index (χ0v) is 12.1. The maximum Gasteiger partial charge on any atom is 0.288 e. The van der Waals surface area contributed by atoms with Crippen molar-refractivity contribution in [3.63, 3.8) is 0 Å². The molecule has 3 aliphatic rings. The van der Waals surface area contributed by atoms with Crippen molar-refractivity contribution in [3.05, 3.63) is 0 Å². The lowest BCUT2D eigenvalue weighted by atomic mass is 9.69. The molecule has 0 radical (unpaired) electrons. The zero-order chi connectivity index (χ0) is 12.6. The summed E-state index contributed by atoms with van der Waals surface area (Å²) in [5, 5.41) is 0.139. The SMILES string of the molecule is CC(=O)O[SiH2]C(C1COC1)(C1COC1)C1COC1. The van der Waals surface area contributed by atoms with Gasteiger partial charge in [-0.2, -0.15) is 0 Å². The summed E-state index contributed by atoms with van der Waals surface area (Å²) in [5.41, 5.74) is 0. The third-order valence-electron chi connectivity index (χ3n) is 4.72. The Morgan fingerprint density at radius 2 is 1.39 bits per heavy atom. The fourth-order valence-electron chi connectivity index (χ4n) is 3.22. The number of rotatable bonds is 5. The van der Waals surface area contributed by atoms with Crippen molar-refractivity contribution in [3.8, 4) is 0 Å². The van der Waals surface area contributed by atoms with Crippen LogP contribution in [0.4, 0.5) is 0 Å². The first-order valence-electron chi connectivity index (χ1n) is 6.60. The van der Waals surface area contributed by atoms with Crippen molar-refractivity contribution in [2.24, 2.45) is 17.8 Å². The van der Waals surface area contributed by atoms with E-state index in [2.05, 4.69) is 0 Å². The highest BCUT2D eigenvalue weighted by molar-refractivity contribution is 6.35. The van der Waals surface area contributed by atoms with Gasteiger partial charge in [-0.25, -0.2) is 0 Å². The molecule has 0 spiro atoms. The molecular formula is C12H20O5Si. The molecule has 3 aliphatic heterocycles. The molecule has 0 aromatic carbocycles. The molecule has 0 unspecified atom stereocenters. The van der Waals surface area contributed by atoms with Crippen molar-refractivity contribution >= 4 is 15.7 Å². The summed E-state index contributed by atoms with van der Waals surface area (Å²) in [6, 6.07) is 0. The lowest BCUT2D eigenvalue weighted by Gasteiger charge is -2.57. The molecule has 0 amide bonds. The van der Waals surface area contributed by atoms with Gasteiger partial charge in [-0.3, -0.25) is 4.79 Å². The van der Waals surface area contributed by atoms with Gasteiger partial charge in [0.1, 0.15) is 0 Å². The summed E-state index contributed by atoms with van der Waals surface area (Å²) in [7, 11) is -0.940. The molecule has 0 saturated carbocycles. The topological polar surface area (TPSA) is 54.0 Å². The number of hydrogen-bond donors (Lipinski definition) is 0. The number of ether oxygens (including phenoxy) is 3. The predicted molar refractivity (Wildman–Crippen MR) is 65.9 cm³/mol. The van der Waals surface area contributed by atoms with Gasteiger partial charge in [0, 0.05) is 29.7 Å². The van der Waals surface area contributed by atoms with Crippen LogP contribution in [0.15, 0.2) is 0 Å².